The number of rotatable bonds is 5. The number of amides is 1. The molecule has 0 saturated carbocycles. The fourth-order valence-electron chi connectivity index (χ4n) is 2.31. The second kappa shape index (κ2) is 7.20. The predicted octanol–water partition coefficient (Wildman–Crippen LogP) is 2.47. The molecule has 1 fully saturated rings. The van der Waals surface area contributed by atoms with Crippen LogP contribution in [0.5, 0.6) is 0 Å². The number of carboxylic acid groups (broad SMARTS) is 1. The molecule has 21 heavy (non-hydrogen) atoms. The molecule has 2 unspecified atom stereocenters. The maximum absolute atomic E-state index is 12.3. The van der Waals surface area contributed by atoms with Crippen LogP contribution in [0.4, 0.5) is 0 Å². The van der Waals surface area contributed by atoms with E-state index in [1.165, 1.54) is 17.4 Å². The Morgan fingerprint density at radius 1 is 1.52 bits per heavy atom. The van der Waals surface area contributed by atoms with Crippen molar-refractivity contribution in [3.05, 3.63) is 26.9 Å². The van der Waals surface area contributed by atoms with E-state index in [0.29, 0.717) is 6.54 Å². The second-order valence-electron chi connectivity index (χ2n) is 4.65. The van der Waals surface area contributed by atoms with Crippen molar-refractivity contribution in [2.24, 2.45) is 5.92 Å². The topological polar surface area (TPSA) is 66.8 Å². The van der Waals surface area contributed by atoms with Crippen LogP contribution in [-0.4, -0.2) is 47.7 Å². The van der Waals surface area contributed by atoms with Crippen LogP contribution in [0.25, 0.3) is 6.08 Å². The van der Waals surface area contributed by atoms with Gasteiger partial charge < -0.3 is 14.7 Å². The number of thiophene rings is 1. The molecule has 1 saturated heterocycles. The highest BCUT2D eigenvalue weighted by atomic mass is 79.9. The molecule has 0 bridgehead atoms. The molecule has 114 valence electrons. The van der Waals surface area contributed by atoms with E-state index in [1.54, 1.807) is 11.0 Å². The van der Waals surface area contributed by atoms with Crippen LogP contribution < -0.4 is 0 Å². The maximum Gasteiger partial charge on any atom is 0.311 e. The van der Waals surface area contributed by atoms with Crippen molar-refractivity contribution in [1.29, 1.82) is 0 Å². The molecule has 0 aliphatic carbocycles. The van der Waals surface area contributed by atoms with Gasteiger partial charge in [-0.1, -0.05) is 0 Å². The summed E-state index contributed by atoms with van der Waals surface area (Å²) in [6.45, 7) is 2.72. The summed E-state index contributed by atoms with van der Waals surface area (Å²) in [6.07, 6.45) is 3.23. The van der Waals surface area contributed by atoms with Gasteiger partial charge >= 0.3 is 5.97 Å². The molecule has 0 radical (unpaired) electrons. The summed E-state index contributed by atoms with van der Waals surface area (Å²) in [5.74, 6) is -1.77. The number of likely N-dealkylation sites (N-methyl/N-ethyl adjacent to an activating group) is 1. The van der Waals surface area contributed by atoms with Gasteiger partial charge in [0.05, 0.1) is 23.0 Å². The van der Waals surface area contributed by atoms with Crippen LogP contribution in [-0.2, 0) is 14.3 Å². The minimum absolute atomic E-state index is 0.158. The van der Waals surface area contributed by atoms with Crippen LogP contribution >= 0.6 is 27.3 Å². The molecule has 1 amide bonds. The third kappa shape index (κ3) is 3.93. The van der Waals surface area contributed by atoms with Gasteiger partial charge in [0.15, 0.2) is 0 Å². The Kier molecular flexibility index (Phi) is 5.55. The number of ether oxygens (including phenoxy) is 1. The summed E-state index contributed by atoms with van der Waals surface area (Å²) in [6, 6.07) is 3.42. The Bertz CT molecular complexity index is 557. The molecule has 5 nitrogen and oxygen atoms in total. The monoisotopic (exact) mass is 373 g/mol. The molecule has 2 heterocycles. The molecule has 2 rings (SSSR count). The van der Waals surface area contributed by atoms with E-state index < -0.39 is 17.9 Å². The molecule has 1 aliphatic rings. The van der Waals surface area contributed by atoms with Crippen LogP contribution in [0, 0.1) is 5.92 Å². The van der Waals surface area contributed by atoms with Crippen molar-refractivity contribution < 1.29 is 19.4 Å². The zero-order chi connectivity index (χ0) is 15.4. The average Bonchev–Trinajstić information content (AvgIpc) is 3.06. The van der Waals surface area contributed by atoms with Crippen molar-refractivity contribution in [2.45, 2.75) is 13.0 Å². The van der Waals surface area contributed by atoms with E-state index in [-0.39, 0.29) is 19.1 Å². The van der Waals surface area contributed by atoms with Crippen LogP contribution in [0.3, 0.4) is 0 Å². The molecule has 0 aromatic carbocycles. The average molecular weight is 374 g/mol. The summed E-state index contributed by atoms with van der Waals surface area (Å²) in [7, 11) is 0. The lowest BCUT2D eigenvalue weighted by Crippen LogP contribution is -2.45. The Hall–Kier alpha value is -1.18. The SMILES string of the molecule is CCN(C(=O)C=Cc1ccc(Br)s1)C1COCC1C(=O)O. The van der Waals surface area contributed by atoms with Crippen LogP contribution in [0.2, 0.25) is 0 Å². The van der Waals surface area contributed by atoms with E-state index in [4.69, 9.17) is 4.74 Å². The van der Waals surface area contributed by atoms with Crippen molar-refractivity contribution >= 4 is 45.2 Å². The zero-order valence-corrected chi connectivity index (χ0v) is 13.9. The summed E-state index contributed by atoms with van der Waals surface area (Å²) in [5.41, 5.74) is 0. The van der Waals surface area contributed by atoms with Gasteiger partial charge in [0.1, 0.15) is 5.92 Å². The Morgan fingerprint density at radius 2 is 2.29 bits per heavy atom. The molecular formula is C14H16BrNO4S. The summed E-state index contributed by atoms with van der Waals surface area (Å²) in [5, 5.41) is 9.18. The number of carboxylic acids is 1. The standard InChI is InChI=1S/C14H16BrNO4S/c1-2-16(11-8-20-7-10(11)14(18)19)13(17)6-4-9-3-5-12(15)21-9/h3-6,10-11H,2,7-8H2,1H3,(H,18,19). The van der Waals surface area contributed by atoms with Gasteiger partial charge in [-0.3, -0.25) is 9.59 Å². The number of carbonyl (C=O) groups excluding carboxylic acids is 1. The third-order valence-electron chi connectivity index (χ3n) is 3.38. The first kappa shape index (κ1) is 16.2. The van der Waals surface area contributed by atoms with Crippen LogP contribution in [0.1, 0.15) is 11.8 Å². The van der Waals surface area contributed by atoms with Gasteiger partial charge in [0.25, 0.3) is 0 Å². The molecule has 0 spiro atoms. The molecule has 1 aromatic rings. The van der Waals surface area contributed by atoms with Gasteiger partial charge in [-0.25, -0.2) is 0 Å². The van der Waals surface area contributed by atoms with E-state index in [1.807, 2.05) is 19.1 Å². The van der Waals surface area contributed by atoms with Crippen molar-refractivity contribution in [2.75, 3.05) is 19.8 Å². The number of halogens is 1. The van der Waals surface area contributed by atoms with Crippen molar-refractivity contribution in [1.82, 2.24) is 4.90 Å². The summed E-state index contributed by atoms with van der Waals surface area (Å²) < 4.78 is 6.22. The molecule has 1 aliphatic heterocycles. The number of aliphatic carboxylic acids is 1. The molecule has 7 heteroatoms. The number of nitrogens with zero attached hydrogens (tertiary/aromatic N) is 1. The van der Waals surface area contributed by atoms with Gasteiger partial charge in [0.2, 0.25) is 5.91 Å². The van der Waals surface area contributed by atoms with Gasteiger partial charge in [-0.2, -0.15) is 0 Å². The fraction of sp³-hybridized carbons (Fsp3) is 0.429. The first-order chi connectivity index (χ1) is 10.0. The van der Waals surface area contributed by atoms with Crippen molar-refractivity contribution in [3.63, 3.8) is 0 Å². The van der Waals surface area contributed by atoms with Gasteiger partial charge in [0, 0.05) is 17.5 Å². The Morgan fingerprint density at radius 3 is 2.86 bits per heavy atom. The first-order valence-electron chi connectivity index (χ1n) is 6.57. The van der Waals surface area contributed by atoms with Gasteiger partial charge in [-0.15, -0.1) is 11.3 Å². The van der Waals surface area contributed by atoms with E-state index in [0.717, 1.165) is 8.66 Å². The largest absolute Gasteiger partial charge is 0.481 e. The summed E-state index contributed by atoms with van der Waals surface area (Å²) >= 11 is 4.89. The number of hydrogen-bond donors (Lipinski definition) is 1. The predicted molar refractivity (Wildman–Crippen MR) is 84.2 cm³/mol. The minimum Gasteiger partial charge on any atom is -0.481 e. The molecular weight excluding hydrogens is 358 g/mol. The highest BCUT2D eigenvalue weighted by Crippen LogP contribution is 2.24. The van der Waals surface area contributed by atoms with E-state index in [2.05, 4.69) is 15.9 Å². The molecule has 1 aromatic heterocycles. The lowest BCUT2D eigenvalue weighted by Gasteiger charge is -2.28. The van der Waals surface area contributed by atoms with Crippen LogP contribution in [0.15, 0.2) is 22.0 Å². The highest BCUT2D eigenvalue weighted by molar-refractivity contribution is 9.11. The van der Waals surface area contributed by atoms with E-state index in [9.17, 15) is 14.7 Å². The Labute approximate surface area is 135 Å². The maximum atomic E-state index is 12.3. The summed E-state index contributed by atoms with van der Waals surface area (Å²) in [4.78, 5) is 26.0. The lowest BCUT2D eigenvalue weighted by molar-refractivity contribution is -0.144. The quantitative estimate of drug-likeness (QED) is 0.805. The zero-order valence-electron chi connectivity index (χ0n) is 11.5. The van der Waals surface area contributed by atoms with Gasteiger partial charge in [-0.05, 0) is 41.1 Å². The number of carbonyl (C=O) groups is 2. The second-order valence-corrected chi connectivity index (χ2v) is 7.14. The highest BCUT2D eigenvalue weighted by Gasteiger charge is 2.38. The first-order valence-corrected chi connectivity index (χ1v) is 8.18. The fourth-order valence-corrected chi connectivity index (χ4v) is 3.63. The smallest absolute Gasteiger partial charge is 0.311 e. The van der Waals surface area contributed by atoms with Crippen molar-refractivity contribution in [3.8, 4) is 0 Å². The molecule has 2 atom stereocenters. The number of hydrogen-bond acceptors (Lipinski definition) is 4. The third-order valence-corrected chi connectivity index (χ3v) is 4.96. The minimum atomic E-state index is -0.921. The van der Waals surface area contributed by atoms with E-state index >= 15 is 0 Å². The lowest BCUT2D eigenvalue weighted by atomic mass is 10.0. The molecule has 1 N–H and O–H groups in total. The normalized spacial score (nSPS) is 21.8. The Balaban J connectivity index is 2.08.